The number of methoxy groups -OCH3 is 3. The minimum Gasteiger partial charge on any atom is -0.496 e. The molecule has 1 atom stereocenters. The molecule has 110 valence electrons. The molecule has 0 aromatic heterocycles. The molecule has 0 N–H and O–H groups in total. The maximum atomic E-state index is 12.7. The van der Waals surface area contributed by atoms with Crippen molar-refractivity contribution in [2.24, 2.45) is 5.92 Å². The zero-order valence-electron chi connectivity index (χ0n) is 12.8. The first-order chi connectivity index (χ1) is 9.60. The van der Waals surface area contributed by atoms with Gasteiger partial charge in [0.2, 0.25) is 0 Å². The van der Waals surface area contributed by atoms with Crippen LogP contribution in [-0.2, 0) is 6.42 Å². The molecule has 0 spiro atoms. The summed E-state index contributed by atoms with van der Waals surface area (Å²) < 4.78 is 16.4. The van der Waals surface area contributed by atoms with E-state index in [1.165, 1.54) is 0 Å². The number of carbonyl (C=O) groups excluding carboxylic acids is 1. The average molecular weight is 278 g/mol. The third kappa shape index (κ3) is 2.03. The van der Waals surface area contributed by atoms with Gasteiger partial charge in [-0.2, -0.15) is 0 Å². The van der Waals surface area contributed by atoms with E-state index in [0.717, 1.165) is 30.4 Å². The summed E-state index contributed by atoms with van der Waals surface area (Å²) in [5.41, 5.74) is 2.41. The van der Waals surface area contributed by atoms with E-state index in [9.17, 15) is 4.79 Å². The Bertz CT molecular complexity index is 534. The van der Waals surface area contributed by atoms with Crippen LogP contribution < -0.4 is 14.2 Å². The number of ether oxygens (including phenoxy) is 3. The number of hydrogen-bond donors (Lipinski definition) is 0. The second kappa shape index (κ2) is 5.73. The zero-order chi connectivity index (χ0) is 14.9. The number of rotatable bonds is 4. The lowest BCUT2D eigenvalue weighted by molar-refractivity contribution is 0.0893. The SMILES string of the molecule is CCC1CCc2c(OC)c(OC)c(C)c(OC)c2C1=O. The topological polar surface area (TPSA) is 44.8 Å². The lowest BCUT2D eigenvalue weighted by Gasteiger charge is -2.28. The average Bonchev–Trinajstić information content (AvgIpc) is 2.46. The Hall–Kier alpha value is -1.71. The van der Waals surface area contributed by atoms with Crippen LogP contribution in [-0.4, -0.2) is 27.1 Å². The Morgan fingerprint density at radius 2 is 1.65 bits per heavy atom. The van der Waals surface area contributed by atoms with Crippen molar-refractivity contribution in [3.63, 3.8) is 0 Å². The summed E-state index contributed by atoms with van der Waals surface area (Å²) in [5.74, 6) is 2.19. The second-order valence-electron chi connectivity index (χ2n) is 5.09. The van der Waals surface area contributed by atoms with Gasteiger partial charge >= 0.3 is 0 Å². The van der Waals surface area contributed by atoms with E-state index in [1.54, 1.807) is 21.3 Å². The van der Waals surface area contributed by atoms with E-state index in [2.05, 4.69) is 0 Å². The quantitative estimate of drug-likeness (QED) is 0.848. The third-order valence-electron chi connectivity index (χ3n) is 4.16. The first-order valence-electron chi connectivity index (χ1n) is 6.96. The first-order valence-corrected chi connectivity index (χ1v) is 6.96. The first kappa shape index (κ1) is 14.7. The van der Waals surface area contributed by atoms with Crippen molar-refractivity contribution in [2.75, 3.05) is 21.3 Å². The molecule has 4 heteroatoms. The van der Waals surface area contributed by atoms with Crippen LogP contribution in [0.2, 0.25) is 0 Å². The van der Waals surface area contributed by atoms with Crippen LogP contribution in [0.5, 0.6) is 17.2 Å². The van der Waals surface area contributed by atoms with Crippen LogP contribution in [0.15, 0.2) is 0 Å². The maximum absolute atomic E-state index is 12.7. The third-order valence-corrected chi connectivity index (χ3v) is 4.16. The van der Waals surface area contributed by atoms with Crippen molar-refractivity contribution in [2.45, 2.75) is 33.1 Å². The fraction of sp³-hybridized carbons (Fsp3) is 0.562. The highest BCUT2D eigenvalue weighted by Crippen LogP contribution is 2.47. The van der Waals surface area contributed by atoms with Gasteiger partial charge in [-0.1, -0.05) is 6.92 Å². The summed E-state index contributed by atoms with van der Waals surface area (Å²) in [6.45, 7) is 3.94. The largest absolute Gasteiger partial charge is 0.496 e. The molecule has 0 heterocycles. The molecular weight excluding hydrogens is 256 g/mol. The molecule has 4 nitrogen and oxygen atoms in total. The molecule has 1 aromatic carbocycles. The van der Waals surface area contributed by atoms with Crippen molar-refractivity contribution in [3.05, 3.63) is 16.7 Å². The molecule has 0 aliphatic heterocycles. The fourth-order valence-electron chi connectivity index (χ4n) is 3.11. The van der Waals surface area contributed by atoms with Crippen LogP contribution in [0.25, 0.3) is 0 Å². The molecule has 1 aliphatic carbocycles. The number of benzene rings is 1. The van der Waals surface area contributed by atoms with Gasteiger partial charge in [0.1, 0.15) is 5.75 Å². The van der Waals surface area contributed by atoms with E-state index < -0.39 is 0 Å². The Labute approximate surface area is 120 Å². The van der Waals surface area contributed by atoms with E-state index in [-0.39, 0.29) is 11.7 Å². The minimum absolute atomic E-state index is 0.0777. The van der Waals surface area contributed by atoms with Gasteiger partial charge < -0.3 is 14.2 Å². The van der Waals surface area contributed by atoms with E-state index >= 15 is 0 Å². The van der Waals surface area contributed by atoms with Crippen LogP contribution in [0.3, 0.4) is 0 Å². The summed E-state index contributed by atoms with van der Waals surface area (Å²) in [5, 5.41) is 0. The highest BCUT2D eigenvalue weighted by molar-refractivity contribution is 6.04. The summed E-state index contributed by atoms with van der Waals surface area (Å²) in [6, 6.07) is 0. The second-order valence-corrected chi connectivity index (χ2v) is 5.09. The number of ketones is 1. The minimum atomic E-state index is 0.0777. The summed E-state index contributed by atoms with van der Waals surface area (Å²) >= 11 is 0. The molecule has 1 aliphatic rings. The highest BCUT2D eigenvalue weighted by atomic mass is 16.5. The fourth-order valence-corrected chi connectivity index (χ4v) is 3.11. The van der Waals surface area contributed by atoms with Gasteiger partial charge in [0.05, 0.1) is 26.9 Å². The van der Waals surface area contributed by atoms with Crippen molar-refractivity contribution in [1.82, 2.24) is 0 Å². The lowest BCUT2D eigenvalue weighted by Crippen LogP contribution is -2.24. The molecule has 0 saturated carbocycles. The van der Waals surface area contributed by atoms with Gasteiger partial charge in [-0.25, -0.2) is 0 Å². The number of Topliss-reactive ketones (excluding diaryl/α,β-unsaturated/α-hetero) is 1. The summed E-state index contributed by atoms with van der Waals surface area (Å²) in [6.07, 6.45) is 2.53. The van der Waals surface area contributed by atoms with Gasteiger partial charge in [-0.05, 0) is 26.2 Å². The Balaban J connectivity index is 2.75. The lowest BCUT2D eigenvalue weighted by atomic mass is 9.79. The van der Waals surface area contributed by atoms with Gasteiger partial charge in [0, 0.05) is 17.0 Å². The predicted octanol–water partition coefficient (Wildman–Crippen LogP) is 3.18. The van der Waals surface area contributed by atoms with Gasteiger partial charge in [0.25, 0.3) is 0 Å². The van der Waals surface area contributed by atoms with Gasteiger partial charge in [-0.15, -0.1) is 0 Å². The van der Waals surface area contributed by atoms with Crippen LogP contribution in [0.4, 0.5) is 0 Å². The van der Waals surface area contributed by atoms with Gasteiger partial charge in [0.15, 0.2) is 17.3 Å². The smallest absolute Gasteiger partial charge is 0.170 e. The molecule has 1 unspecified atom stereocenters. The number of fused-ring (bicyclic) bond motifs is 1. The highest BCUT2D eigenvalue weighted by Gasteiger charge is 2.34. The predicted molar refractivity (Wildman–Crippen MR) is 77.3 cm³/mol. The van der Waals surface area contributed by atoms with Crippen LogP contribution >= 0.6 is 0 Å². The number of hydrogen-bond acceptors (Lipinski definition) is 4. The van der Waals surface area contributed by atoms with E-state index in [1.807, 2.05) is 13.8 Å². The van der Waals surface area contributed by atoms with E-state index in [4.69, 9.17) is 14.2 Å². The van der Waals surface area contributed by atoms with Crippen molar-refractivity contribution >= 4 is 5.78 Å². The standard InChI is InChI=1S/C16H22O4/c1-6-10-7-8-11-12(13(10)17)14(18-3)9(2)15(19-4)16(11)20-5/h10H,6-8H2,1-5H3. The van der Waals surface area contributed by atoms with Crippen molar-refractivity contribution in [3.8, 4) is 17.2 Å². The van der Waals surface area contributed by atoms with Crippen molar-refractivity contribution < 1.29 is 19.0 Å². The molecule has 2 rings (SSSR count). The zero-order valence-corrected chi connectivity index (χ0v) is 12.8. The summed E-state index contributed by atoms with van der Waals surface area (Å²) in [7, 11) is 4.81. The number of carbonyl (C=O) groups is 1. The Morgan fingerprint density at radius 3 is 2.15 bits per heavy atom. The monoisotopic (exact) mass is 278 g/mol. The van der Waals surface area contributed by atoms with E-state index in [0.29, 0.717) is 22.8 Å². The maximum Gasteiger partial charge on any atom is 0.170 e. The normalized spacial score (nSPS) is 17.6. The molecule has 1 aromatic rings. The molecule has 0 bridgehead atoms. The Morgan fingerprint density at radius 1 is 1.05 bits per heavy atom. The molecule has 0 amide bonds. The molecular formula is C16H22O4. The van der Waals surface area contributed by atoms with Crippen LogP contribution in [0.1, 0.15) is 41.3 Å². The Kier molecular flexibility index (Phi) is 4.21. The molecule has 0 fully saturated rings. The van der Waals surface area contributed by atoms with Crippen molar-refractivity contribution in [1.29, 1.82) is 0 Å². The molecule has 20 heavy (non-hydrogen) atoms. The molecule has 0 saturated heterocycles. The molecule has 0 radical (unpaired) electrons. The van der Waals surface area contributed by atoms with Crippen LogP contribution in [0, 0.1) is 12.8 Å². The van der Waals surface area contributed by atoms with Gasteiger partial charge in [-0.3, -0.25) is 4.79 Å². The summed E-state index contributed by atoms with van der Waals surface area (Å²) in [4.78, 5) is 12.7.